The molecule has 1 fully saturated rings. The quantitative estimate of drug-likeness (QED) is 0.798. The van der Waals surface area contributed by atoms with Crippen LogP contribution in [-0.4, -0.2) is 6.54 Å². The molecule has 3 heteroatoms. The molecule has 1 aliphatic rings. The predicted molar refractivity (Wildman–Crippen MR) is 69.5 cm³/mol. The van der Waals surface area contributed by atoms with E-state index in [-0.39, 0.29) is 0 Å². The summed E-state index contributed by atoms with van der Waals surface area (Å²) in [6.45, 7) is 4.73. The molecule has 3 N–H and O–H groups in total. The van der Waals surface area contributed by atoms with E-state index in [1.165, 1.54) is 32.1 Å². The highest BCUT2D eigenvalue weighted by Crippen LogP contribution is 2.40. The van der Waals surface area contributed by atoms with Crippen molar-refractivity contribution in [1.82, 2.24) is 5.32 Å². The van der Waals surface area contributed by atoms with Crippen LogP contribution in [0.5, 0.6) is 0 Å². The second kappa shape index (κ2) is 5.69. The summed E-state index contributed by atoms with van der Waals surface area (Å²) in [5, 5.41) is 3.54. The zero-order valence-corrected chi connectivity index (χ0v) is 10.8. The second-order valence-corrected chi connectivity index (χ2v) is 5.24. The lowest BCUT2D eigenvalue weighted by Gasteiger charge is -2.27. The Bertz CT molecular complexity index is 340. The van der Waals surface area contributed by atoms with E-state index in [1.807, 2.05) is 12.1 Å². The van der Waals surface area contributed by atoms with Crippen molar-refractivity contribution in [3.05, 3.63) is 23.7 Å². The van der Waals surface area contributed by atoms with Gasteiger partial charge in [0, 0.05) is 6.54 Å². The SMILES string of the molecule is CCC1(CNCc2ccc(CN)o2)CCCC1. The Balaban J connectivity index is 1.78. The van der Waals surface area contributed by atoms with E-state index in [2.05, 4.69) is 12.2 Å². The Morgan fingerprint density at radius 1 is 1.29 bits per heavy atom. The van der Waals surface area contributed by atoms with Gasteiger partial charge in [-0.25, -0.2) is 0 Å². The minimum atomic E-state index is 0.485. The van der Waals surface area contributed by atoms with Crippen LogP contribution in [-0.2, 0) is 13.1 Å². The van der Waals surface area contributed by atoms with Gasteiger partial charge in [-0.1, -0.05) is 19.8 Å². The van der Waals surface area contributed by atoms with E-state index < -0.39 is 0 Å². The molecule has 1 aromatic heterocycles. The van der Waals surface area contributed by atoms with Gasteiger partial charge < -0.3 is 15.5 Å². The van der Waals surface area contributed by atoms with Crippen molar-refractivity contribution in [3.63, 3.8) is 0 Å². The standard InChI is InChI=1S/C14H24N2O/c1-2-14(7-3-4-8-14)11-16-10-13-6-5-12(9-15)17-13/h5-6,16H,2-4,7-11,15H2,1H3. The summed E-state index contributed by atoms with van der Waals surface area (Å²) in [6, 6.07) is 3.98. The van der Waals surface area contributed by atoms with Gasteiger partial charge in [0.2, 0.25) is 0 Å². The van der Waals surface area contributed by atoms with Gasteiger partial charge in [0.15, 0.2) is 0 Å². The fourth-order valence-corrected chi connectivity index (χ4v) is 2.86. The summed E-state index contributed by atoms with van der Waals surface area (Å²) in [5.41, 5.74) is 6.06. The van der Waals surface area contributed by atoms with Gasteiger partial charge in [0.1, 0.15) is 11.5 Å². The van der Waals surface area contributed by atoms with Gasteiger partial charge in [-0.15, -0.1) is 0 Å². The third-order valence-corrected chi connectivity index (χ3v) is 4.13. The van der Waals surface area contributed by atoms with Gasteiger partial charge in [-0.3, -0.25) is 0 Å². The lowest BCUT2D eigenvalue weighted by Crippen LogP contribution is -2.31. The van der Waals surface area contributed by atoms with E-state index in [1.54, 1.807) is 0 Å². The Morgan fingerprint density at radius 3 is 2.59 bits per heavy atom. The van der Waals surface area contributed by atoms with E-state index in [0.29, 0.717) is 12.0 Å². The maximum Gasteiger partial charge on any atom is 0.118 e. The first-order valence-electron chi connectivity index (χ1n) is 6.76. The van der Waals surface area contributed by atoms with Crippen LogP contribution in [0.3, 0.4) is 0 Å². The minimum Gasteiger partial charge on any atom is -0.463 e. The fraction of sp³-hybridized carbons (Fsp3) is 0.714. The summed E-state index contributed by atoms with van der Waals surface area (Å²) in [7, 11) is 0. The molecule has 1 aliphatic carbocycles. The van der Waals surface area contributed by atoms with Gasteiger partial charge in [0.25, 0.3) is 0 Å². The van der Waals surface area contributed by atoms with E-state index in [9.17, 15) is 0 Å². The summed E-state index contributed by atoms with van der Waals surface area (Å²) in [6.07, 6.45) is 6.83. The molecule has 0 amide bonds. The molecule has 2 rings (SSSR count). The maximum atomic E-state index is 5.58. The summed E-state index contributed by atoms with van der Waals surface area (Å²) in [5.74, 6) is 1.86. The lowest BCUT2D eigenvalue weighted by molar-refractivity contribution is 0.264. The van der Waals surface area contributed by atoms with Crippen LogP contribution < -0.4 is 11.1 Å². The van der Waals surface area contributed by atoms with Crippen molar-refractivity contribution < 1.29 is 4.42 Å². The molecular weight excluding hydrogens is 212 g/mol. The Morgan fingerprint density at radius 2 is 2.00 bits per heavy atom. The number of nitrogens with two attached hydrogens (primary N) is 1. The monoisotopic (exact) mass is 236 g/mol. The molecule has 0 spiro atoms. The smallest absolute Gasteiger partial charge is 0.118 e. The van der Waals surface area contributed by atoms with E-state index >= 15 is 0 Å². The molecule has 0 atom stereocenters. The molecule has 0 saturated heterocycles. The van der Waals surface area contributed by atoms with Gasteiger partial charge in [-0.2, -0.15) is 0 Å². The molecule has 3 nitrogen and oxygen atoms in total. The zero-order valence-electron chi connectivity index (χ0n) is 10.8. The highest BCUT2D eigenvalue weighted by Gasteiger charge is 2.31. The molecule has 1 heterocycles. The molecule has 96 valence electrons. The molecule has 0 unspecified atom stereocenters. The van der Waals surface area contributed by atoms with Crippen molar-refractivity contribution >= 4 is 0 Å². The Hall–Kier alpha value is -0.800. The third kappa shape index (κ3) is 3.11. The van der Waals surface area contributed by atoms with Crippen LogP contribution in [0.25, 0.3) is 0 Å². The Kier molecular flexibility index (Phi) is 4.24. The number of nitrogens with one attached hydrogen (secondary N) is 1. The van der Waals surface area contributed by atoms with Gasteiger partial charge >= 0.3 is 0 Å². The molecule has 1 aromatic rings. The lowest BCUT2D eigenvalue weighted by atomic mass is 9.83. The van der Waals surface area contributed by atoms with E-state index in [4.69, 9.17) is 10.2 Å². The molecule has 0 aromatic carbocycles. The molecule has 1 saturated carbocycles. The van der Waals surface area contributed by atoms with Crippen molar-refractivity contribution in [3.8, 4) is 0 Å². The summed E-state index contributed by atoms with van der Waals surface area (Å²) >= 11 is 0. The van der Waals surface area contributed by atoms with Crippen LogP contribution in [0.15, 0.2) is 16.5 Å². The highest BCUT2D eigenvalue weighted by molar-refractivity contribution is 5.06. The largest absolute Gasteiger partial charge is 0.463 e. The van der Waals surface area contributed by atoms with Crippen molar-refractivity contribution in [2.75, 3.05) is 6.54 Å². The van der Waals surface area contributed by atoms with Crippen LogP contribution >= 0.6 is 0 Å². The summed E-state index contributed by atoms with van der Waals surface area (Å²) < 4.78 is 5.58. The number of hydrogen-bond donors (Lipinski definition) is 2. The summed E-state index contributed by atoms with van der Waals surface area (Å²) in [4.78, 5) is 0. The van der Waals surface area contributed by atoms with Crippen molar-refractivity contribution in [2.24, 2.45) is 11.1 Å². The Labute approximate surface area is 104 Å². The zero-order chi connectivity index (χ0) is 12.1. The van der Waals surface area contributed by atoms with Crippen molar-refractivity contribution in [2.45, 2.75) is 52.1 Å². The number of furan rings is 1. The average molecular weight is 236 g/mol. The maximum absolute atomic E-state index is 5.58. The molecule has 0 bridgehead atoms. The highest BCUT2D eigenvalue weighted by atomic mass is 16.3. The van der Waals surface area contributed by atoms with Crippen LogP contribution in [0.4, 0.5) is 0 Å². The first kappa shape index (κ1) is 12.7. The first-order chi connectivity index (χ1) is 8.28. The first-order valence-corrected chi connectivity index (χ1v) is 6.76. The third-order valence-electron chi connectivity index (χ3n) is 4.13. The molecular formula is C14H24N2O. The van der Waals surface area contributed by atoms with Gasteiger partial charge in [0.05, 0.1) is 13.1 Å². The van der Waals surface area contributed by atoms with Crippen molar-refractivity contribution in [1.29, 1.82) is 0 Å². The van der Waals surface area contributed by atoms with E-state index in [0.717, 1.165) is 24.6 Å². The van der Waals surface area contributed by atoms with Crippen LogP contribution in [0.1, 0.15) is 50.5 Å². The topological polar surface area (TPSA) is 51.2 Å². The van der Waals surface area contributed by atoms with Crippen LogP contribution in [0.2, 0.25) is 0 Å². The van der Waals surface area contributed by atoms with Crippen LogP contribution in [0, 0.1) is 5.41 Å². The normalized spacial score (nSPS) is 18.7. The minimum absolute atomic E-state index is 0.485. The molecule has 17 heavy (non-hydrogen) atoms. The fourth-order valence-electron chi connectivity index (χ4n) is 2.86. The number of rotatable bonds is 6. The predicted octanol–water partition coefficient (Wildman–Crippen LogP) is 2.80. The molecule has 0 radical (unpaired) electrons. The van der Waals surface area contributed by atoms with Gasteiger partial charge in [-0.05, 0) is 36.8 Å². The average Bonchev–Trinajstić information content (AvgIpc) is 2.98. The molecule has 0 aliphatic heterocycles. The second-order valence-electron chi connectivity index (χ2n) is 5.24. The number of hydrogen-bond acceptors (Lipinski definition) is 3.